The highest BCUT2D eigenvalue weighted by Crippen LogP contribution is 2.05. The number of nitrogens with zero attached hydrogens (tertiary/aromatic N) is 2. The van der Waals surface area contributed by atoms with Crippen LogP contribution in [0.2, 0.25) is 0 Å². The zero-order valence-corrected chi connectivity index (χ0v) is 10.9. The zero-order valence-electron chi connectivity index (χ0n) is 10.9. The lowest BCUT2D eigenvalue weighted by Gasteiger charge is -2.23. The van der Waals surface area contributed by atoms with E-state index in [-0.39, 0.29) is 24.1 Å². The predicted octanol–water partition coefficient (Wildman–Crippen LogP) is -0.420. The van der Waals surface area contributed by atoms with Crippen molar-refractivity contribution in [3.8, 4) is 0 Å². The number of hydrogen-bond acceptors (Lipinski definition) is 5. The Kier molecular flexibility index (Phi) is 4.51. The average Bonchev–Trinajstić information content (AvgIpc) is 2.42. The van der Waals surface area contributed by atoms with Gasteiger partial charge in [-0.1, -0.05) is 0 Å². The third-order valence-electron chi connectivity index (χ3n) is 3.04. The van der Waals surface area contributed by atoms with E-state index < -0.39 is 0 Å². The molecule has 0 bridgehead atoms. The standard InChI is InChI=1S/C12H18N4O3/c1-13-10-6-12(18)16(14-7-10)8-11(17)15-9-2-4-19-5-3-9/h6-7,9,13H,2-5,8H2,1H3,(H,15,17). The van der Waals surface area contributed by atoms with Crippen molar-refractivity contribution >= 4 is 11.6 Å². The first kappa shape index (κ1) is 13.5. The van der Waals surface area contributed by atoms with Gasteiger partial charge in [-0.3, -0.25) is 9.59 Å². The monoisotopic (exact) mass is 266 g/mol. The van der Waals surface area contributed by atoms with E-state index in [2.05, 4.69) is 15.7 Å². The van der Waals surface area contributed by atoms with Crippen LogP contribution in [0.3, 0.4) is 0 Å². The number of anilines is 1. The molecule has 1 aliphatic heterocycles. The largest absolute Gasteiger partial charge is 0.387 e. The Balaban J connectivity index is 1.93. The highest BCUT2D eigenvalue weighted by molar-refractivity contribution is 5.75. The van der Waals surface area contributed by atoms with E-state index in [0.717, 1.165) is 17.5 Å². The first-order valence-corrected chi connectivity index (χ1v) is 6.31. The predicted molar refractivity (Wildman–Crippen MR) is 70.0 cm³/mol. The van der Waals surface area contributed by atoms with Crippen LogP contribution in [-0.2, 0) is 16.1 Å². The summed E-state index contributed by atoms with van der Waals surface area (Å²) in [6.07, 6.45) is 3.14. The molecule has 0 radical (unpaired) electrons. The molecule has 0 aromatic carbocycles. The maximum atomic E-state index is 11.8. The van der Waals surface area contributed by atoms with Crippen molar-refractivity contribution in [3.63, 3.8) is 0 Å². The van der Waals surface area contributed by atoms with Crippen LogP contribution in [0.4, 0.5) is 5.69 Å². The molecule has 1 aromatic heterocycles. The molecule has 0 atom stereocenters. The number of aromatic nitrogens is 2. The lowest BCUT2D eigenvalue weighted by Crippen LogP contribution is -2.42. The fourth-order valence-corrected chi connectivity index (χ4v) is 1.94. The Morgan fingerprint density at radius 3 is 2.89 bits per heavy atom. The maximum absolute atomic E-state index is 11.8. The van der Waals surface area contributed by atoms with Gasteiger partial charge in [0.15, 0.2) is 0 Å². The summed E-state index contributed by atoms with van der Waals surface area (Å²) in [7, 11) is 1.71. The Morgan fingerprint density at radius 1 is 1.53 bits per heavy atom. The van der Waals surface area contributed by atoms with Crippen molar-refractivity contribution in [2.75, 3.05) is 25.6 Å². The van der Waals surface area contributed by atoms with E-state index >= 15 is 0 Å². The third kappa shape index (κ3) is 3.78. The van der Waals surface area contributed by atoms with Crippen LogP contribution in [0, 0.1) is 0 Å². The number of carbonyl (C=O) groups excluding carboxylic acids is 1. The molecule has 2 rings (SSSR count). The third-order valence-corrected chi connectivity index (χ3v) is 3.04. The van der Waals surface area contributed by atoms with Crippen LogP contribution in [0.5, 0.6) is 0 Å². The molecule has 0 aliphatic carbocycles. The van der Waals surface area contributed by atoms with E-state index in [0.29, 0.717) is 18.9 Å². The number of amides is 1. The molecule has 7 nitrogen and oxygen atoms in total. The highest BCUT2D eigenvalue weighted by atomic mass is 16.5. The van der Waals surface area contributed by atoms with E-state index in [4.69, 9.17) is 4.74 Å². The normalized spacial score (nSPS) is 16.1. The molecular formula is C12H18N4O3. The van der Waals surface area contributed by atoms with Gasteiger partial charge in [-0.05, 0) is 12.8 Å². The minimum atomic E-state index is -0.297. The number of rotatable bonds is 4. The molecule has 19 heavy (non-hydrogen) atoms. The van der Waals surface area contributed by atoms with Crippen molar-refractivity contribution in [2.24, 2.45) is 0 Å². The van der Waals surface area contributed by atoms with Gasteiger partial charge in [-0.2, -0.15) is 5.10 Å². The number of ether oxygens (including phenoxy) is 1. The van der Waals surface area contributed by atoms with Gasteiger partial charge in [0.1, 0.15) is 6.54 Å². The summed E-state index contributed by atoms with van der Waals surface area (Å²) in [6, 6.07) is 1.54. The fourth-order valence-electron chi connectivity index (χ4n) is 1.94. The van der Waals surface area contributed by atoms with Gasteiger partial charge < -0.3 is 15.4 Å². The molecule has 2 N–H and O–H groups in total. The van der Waals surface area contributed by atoms with Gasteiger partial charge in [-0.25, -0.2) is 4.68 Å². The quantitative estimate of drug-likeness (QED) is 0.773. The van der Waals surface area contributed by atoms with Crippen LogP contribution in [0.1, 0.15) is 12.8 Å². The van der Waals surface area contributed by atoms with Crippen molar-refractivity contribution < 1.29 is 9.53 Å². The second-order valence-corrected chi connectivity index (χ2v) is 4.44. The van der Waals surface area contributed by atoms with Crippen molar-refractivity contribution in [1.29, 1.82) is 0 Å². The summed E-state index contributed by atoms with van der Waals surface area (Å²) in [5.74, 6) is -0.196. The Bertz CT molecular complexity index is 494. The second kappa shape index (κ2) is 6.33. The summed E-state index contributed by atoms with van der Waals surface area (Å²) < 4.78 is 6.37. The number of hydrogen-bond donors (Lipinski definition) is 2. The molecule has 7 heteroatoms. The number of carbonyl (C=O) groups is 1. The van der Waals surface area contributed by atoms with Gasteiger partial charge in [0, 0.05) is 32.4 Å². The molecular weight excluding hydrogens is 248 g/mol. The summed E-state index contributed by atoms with van der Waals surface area (Å²) in [4.78, 5) is 23.5. The smallest absolute Gasteiger partial charge is 0.269 e. The Hall–Kier alpha value is -1.89. The molecule has 1 saturated heterocycles. The van der Waals surface area contributed by atoms with Gasteiger partial charge >= 0.3 is 0 Å². The zero-order chi connectivity index (χ0) is 13.7. The summed E-state index contributed by atoms with van der Waals surface area (Å²) in [5.41, 5.74) is 0.333. The van der Waals surface area contributed by atoms with Gasteiger partial charge in [0.05, 0.1) is 11.9 Å². The molecule has 2 heterocycles. The van der Waals surface area contributed by atoms with Gasteiger partial charge in [0.25, 0.3) is 5.56 Å². The Morgan fingerprint density at radius 2 is 2.26 bits per heavy atom. The van der Waals surface area contributed by atoms with Crippen LogP contribution < -0.4 is 16.2 Å². The van der Waals surface area contributed by atoms with E-state index in [1.807, 2.05) is 0 Å². The Labute approximate surface area is 110 Å². The van der Waals surface area contributed by atoms with E-state index in [1.54, 1.807) is 7.05 Å². The van der Waals surface area contributed by atoms with Crippen LogP contribution in [0.25, 0.3) is 0 Å². The van der Waals surface area contributed by atoms with Crippen LogP contribution >= 0.6 is 0 Å². The minimum Gasteiger partial charge on any atom is -0.387 e. The molecule has 0 unspecified atom stereocenters. The summed E-state index contributed by atoms with van der Waals surface area (Å²) >= 11 is 0. The maximum Gasteiger partial charge on any atom is 0.269 e. The number of nitrogens with one attached hydrogen (secondary N) is 2. The molecule has 0 saturated carbocycles. The van der Waals surface area contributed by atoms with Crippen molar-refractivity contribution in [3.05, 3.63) is 22.6 Å². The molecule has 1 fully saturated rings. The molecule has 1 aliphatic rings. The van der Waals surface area contributed by atoms with Crippen LogP contribution in [-0.4, -0.2) is 42.0 Å². The SMILES string of the molecule is CNc1cnn(CC(=O)NC2CCOCC2)c(=O)c1. The van der Waals surface area contributed by atoms with Gasteiger partial charge in [-0.15, -0.1) is 0 Å². The lowest BCUT2D eigenvalue weighted by atomic mass is 10.1. The average molecular weight is 266 g/mol. The minimum absolute atomic E-state index is 0.0554. The topological polar surface area (TPSA) is 85.2 Å². The molecule has 104 valence electrons. The van der Waals surface area contributed by atoms with E-state index in [1.165, 1.54) is 12.3 Å². The first-order valence-electron chi connectivity index (χ1n) is 6.31. The summed E-state index contributed by atoms with van der Waals surface area (Å²) in [6.45, 7) is 1.28. The van der Waals surface area contributed by atoms with E-state index in [9.17, 15) is 9.59 Å². The van der Waals surface area contributed by atoms with Crippen LogP contribution in [0.15, 0.2) is 17.1 Å². The second-order valence-electron chi connectivity index (χ2n) is 4.44. The van der Waals surface area contributed by atoms with Crippen molar-refractivity contribution in [1.82, 2.24) is 15.1 Å². The molecule has 1 amide bonds. The van der Waals surface area contributed by atoms with Crippen molar-refractivity contribution in [2.45, 2.75) is 25.4 Å². The molecule has 0 spiro atoms. The molecule has 1 aromatic rings. The highest BCUT2D eigenvalue weighted by Gasteiger charge is 2.16. The van der Waals surface area contributed by atoms with Gasteiger partial charge in [0.2, 0.25) is 5.91 Å². The lowest BCUT2D eigenvalue weighted by molar-refractivity contribution is -0.123. The fraction of sp³-hybridized carbons (Fsp3) is 0.583. The summed E-state index contributed by atoms with van der Waals surface area (Å²) in [5, 5.41) is 9.65. The first-order chi connectivity index (χ1) is 9.19.